The molecule has 2 aromatic heterocycles. The number of benzene rings is 1. The molecule has 0 saturated heterocycles. The Morgan fingerprint density at radius 2 is 1.83 bits per heavy atom. The molecular formula is C23H24N4O3. The largest absolute Gasteiger partial charge is 0.421 e. The first-order valence-electron chi connectivity index (χ1n) is 10.2. The second-order valence-electron chi connectivity index (χ2n) is 8.75. The van der Waals surface area contributed by atoms with Crippen LogP contribution < -0.4 is 0 Å². The maximum atomic E-state index is 13.4. The van der Waals surface area contributed by atoms with Crippen molar-refractivity contribution in [1.82, 2.24) is 20.1 Å². The lowest BCUT2D eigenvalue weighted by atomic mass is 9.92. The Labute approximate surface area is 174 Å². The van der Waals surface area contributed by atoms with Crippen molar-refractivity contribution < 1.29 is 14.3 Å². The van der Waals surface area contributed by atoms with Gasteiger partial charge >= 0.3 is 0 Å². The smallest absolute Gasteiger partial charge is 0.257 e. The van der Waals surface area contributed by atoms with Crippen molar-refractivity contribution in [2.75, 3.05) is 0 Å². The Hall–Kier alpha value is -3.06. The highest BCUT2D eigenvalue weighted by Gasteiger charge is 2.48. The van der Waals surface area contributed by atoms with Crippen LogP contribution in [-0.4, -0.2) is 42.7 Å². The van der Waals surface area contributed by atoms with E-state index in [1.165, 1.54) is 0 Å². The highest BCUT2D eigenvalue weighted by molar-refractivity contribution is 6.04. The van der Waals surface area contributed by atoms with E-state index in [0.29, 0.717) is 29.8 Å². The molecule has 1 amide bonds. The minimum Gasteiger partial charge on any atom is -0.421 e. The van der Waals surface area contributed by atoms with Gasteiger partial charge in [-0.05, 0) is 61.9 Å². The number of fused-ring (bicyclic) bond motifs is 1. The van der Waals surface area contributed by atoms with Gasteiger partial charge in [-0.25, -0.2) is 0 Å². The molecule has 1 aliphatic heterocycles. The molecule has 0 bridgehead atoms. The molecule has 7 heteroatoms. The molecule has 7 nitrogen and oxygen atoms in total. The summed E-state index contributed by atoms with van der Waals surface area (Å²) in [6.45, 7) is 5.77. The van der Waals surface area contributed by atoms with Gasteiger partial charge in [0.2, 0.25) is 11.8 Å². The first-order valence-corrected chi connectivity index (χ1v) is 10.2. The zero-order chi connectivity index (χ0) is 21.0. The number of carbonyl (C=O) groups is 1. The van der Waals surface area contributed by atoms with Crippen LogP contribution in [0.25, 0.3) is 22.6 Å². The van der Waals surface area contributed by atoms with E-state index in [4.69, 9.17) is 4.42 Å². The van der Waals surface area contributed by atoms with Crippen molar-refractivity contribution in [1.29, 1.82) is 0 Å². The normalized spacial score (nSPS) is 17.3. The molecule has 0 spiro atoms. The molecule has 3 aromatic rings. The fourth-order valence-electron chi connectivity index (χ4n) is 4.54. The van der Waals surface area contributed by atoms with Crippen molar-refractivity contribution >= 4 is 5.91 Å². The third-order valence-corrected chi connectivity index (χ3v) is 5.92. The molecule has 0 radical (unpaired) electrons. The maximum Gasteiger partial charge on any atom is 0.257 e. The van der Waals surface area contributed by atoms with Crippen LogP contribution in [0.3, 0.4) is 0 Å². The number of rotatable bonds is 5. The molecule has 1 N–H and O–H groups in total. The summed E-state index contributed by atoms with van der Waals surface area (Å²) in [7, 11) is 0. The van der Waals surface area contributed by atoms with Crippen LogP contribution in [0.2, 0.25) is 0 Å². The topological polar surface area (TPSA) is 92.4 Å². The average Bonchev–Trinajstić information content (AvgIpc) is 3.35. The van der Waals surface area contributed by atoms with E-state index < -0.39 is 5.60 Å². The summed E-state index contributed by atoms with van der Waals surface area (Å²) >= 11 is 0. The zero-order valence-corrected chi connectivity index (χ0v) is 17.3. The van der Waals surface area contributed by atoms with E-state index in [0.717, 1.165) is 35.2 Å². The predicted molar refractivity (Wildman–Crippen MR) is 110 cm³/mol. The molecule has 1 atom stereocenters. The highest BCUT2D eigenvalue weighted by atomic mass is 16.4. The van der Waals surface area contributed by atoms with Crippen LogP contribution in [0, 0.1) is 12.8 Å². The summed E-state index contributed by atoms with van der Waals surface area (Å²) in [6.07, 6.45) is 3.84. The van der Waals surface area contributed by atoms with E-state index >= 15 is 0 Å². The van der Waals surface area contributed by atoms with E-state index in [-0.39, 0.29) is 11.9 Å². The summed E-state index contributed by atoms with van der Waals surface area (Å²) in [5.41, 5.74) is 3.05. The molecule has 1 saturated carbocycles. The van der Waals surface area contributed by atoms with Crippen LogP contribution in [-0.2, 0) is 6.54 Å². The number of hydrogen-bond acceptors (Lipinski definition) is 6. The number of nitrogens with zero attached hydrogens (tertiary/aromatic N) is 4. The molecule has 30 heavy (non-hydrogen) atoms. The van der Waals surface area contributed by atoms with Gasteiger partial charge in [0, 0.05) is 18.7 Å². The number of aromatic nitrogens is 3. The predicted octanol–water partition coefficient (Wildman–Crippen LogP) is 3.61. The van der Waals surface area contributed by atoms with Crippen molar-refractivity contribution in [3.63, 3.8) is 0 Å². The van der Waals surface area contributed by atoms with E-state index in [1.54, 1.807) is 27.0 Å². The Balaban J connectivity index is 1.49. The third-order valence-electron chi connectivity index (χ3n) is 5.92. The van der Waals surface area contributed by atoms with Gasteiger partial charge in [-0.2, -0.15) is 0 Å². The van der Waals surface area contributed by atoms with Gasteiger partial charge in [-0.3, -0.25) is 9.78 Å². The first-order chi connectivity index (χ1) is 14.3. The molecule has 5 rings (SSSR count). The number of hydrogen-bond donors (Lipinski definition) is 1. The molecule has 1 aliphatic carbocycles. The number of aryl methyl sites for hydroxylation is 1. The van der Waals surface area contributed by atoms with Crippen LogP contribution in [0.4, 0.5) is 0 Å². The summed E-state index contributed by atoms with van der Waals surface area (Å²) in [4.78, 5) is 19.7. The van der Waals surface area contributed by atoms with Crippen molar-refractivity contribution in [3.05, 3.63) is 53.7 Å². The fourth-order valence-corrected chi connectivity index (χ4v) is 4.54. The van der Waals surface area contributed by atoms with E-state index in [9.17, 15) is 9.90 Å². The lowest BCUT2D eigenvalue weighted by Gasteiger charge is -2.37. The minimum absolute atomic E-state index is 0.0521. The fraction of sp³-hybridized carbons (Fsp3) is 0.391. The highest BCUT2D eigenvalue weighted by Crippen LogP contribution is 2.43. The first kappa shape index (κ1) is 18.9. The van der Waals surface area contributed by atoms with Crippen LogP contribution in [0.1, 0.15) is 48.6 Å². The van der Waals surface area contributed by atoms with Crippen LogP contribution >= 0.6 is 0 Å². The van der Waals surface area contributed by atoms with Crippen molar-refractivity contribution in [2.45, 2.75) is 51.8 Å². The standard InChI is InChI=1S/C23H24N4O3/c1-13-25-26-21(30-13)16-8-4-14(5-9-16)17-10-11-24-18-12-27(22(28)19(17)18)20(15-6-7-15)23(2,3)29/h4-5,8-11,15,20,29H,6-7,12H2,1-3H3/t20-/m0/s1. The maximum absolute atomic E-state index is 13.4. The zero-order valence-electron chi connectivity index (χ0n) is 17.3. The molecule has 1 fully saturated rings. The Morgan fingerprint density at radius 3 is 2.43 bits per heavy atom. The number of amides is 1. The van der Waals surface area contributed by atoms with Gasteiger partial charge in [0.05, 0.1) is 29.4 Å². The molecular weight excluding hydrogens is 380 g/mol. The van der Waals surface area contributed by atoms with E-state index in [1.807, 2.05) is 35.2 Å². The lowest BCUT2D eigenvalue weighted by molar-refractivity contribution is -0.0225. The second kappa shape index (κ2) is 6.74. The van der Waals surface area contributed by atoms with Crippen LogP contribution in [0.5, 0.6) is 0 Å². The van der Waals surface area contributed by atoms with Gasteiger partial charge in [0.25, 0.3) is 5.91 Å². The number of aliphatic hydroxyl groups is 1. The van der Waals surface area contributed by atoms with Gasteiger partial charge in [0.1, 0.15) is 0 Å². The molecule has 0 unspecified atom stereocenters. The van der Waals surface area contributed by atoms with Gasteiger partial charge in [0.15, 0.2) is 0 Å². The number of carbonyl (C=O) groups excluding carboxylic acids is 1. The SMILES string of the molecule is Cc1nnc(-c2ccc(-c3ccnc4c3C(=O)N([C@@H](C3CC3)C(C)(C)O)C4)cc2)o1. The quantitative estimate of drug-likeness (QED) is 0.698. The van der Waals surface area contributed by atoms with Gasteiger partial charge in [-0.15, -0.1) is 10.2 Å². The molecule has 3 heterocycles. The van der Waals surface area contributed by atoms with E-state index in [2.05, 4.69) is 15.2 Å². The summed E-state index contributed by atoms with van der Waals surface area (Å²) in [5, 5.41) is 18.7. The monoisotopic (exact) mass is 404 g/mol. The van der Waals surface area contributed by atoms with Gasteiger partial charge < -0.3 is 14.4 Å². The third kappa shape index (κ3) is 3.19. The summed E-state index contributed by atoms with van der Waals surface area (Å²) in [6, 6.07) is 9.41. The van der Waals surface area contributed by atoms with Crippen molar-refractivity contribution in [2.24, 2.45) is 5.92 Å². The van der Waals surface area contributed by atoms with Gasteiger partial charge in [-0.1, -0.05) is 12.1 Å². The average molecular weight is 404 g/mol. The summed E-state index contributed by atoms with van der Waals surface area (Å²) < 4.78 is 5.49. The minimum atomic E-state index is -0.955. The Morgan fingerprint density at radius 1 is 1.13 bits per heavy atom. The Bertz CT molecular complexity index is 1110. The van der Waals surface area contributed by atoms with Crippen molar-refractivity contribution in [3.8, 4) is 22.6 Å². The summed E-state index contributed by atoms with van der Waals surface area (Å²) in [5.74, 6) is 1.29. The molecule has 1 aromatic carbocycles. The second-order valence-corrected chi connectivity index (χ2v) is 8.75. The molecule has 154 valence electrons. The van der Waals surface area contributed by atoms with Crippen LogP contribution in [0.15, 0.2) is 40.9 Å². The number of pyridine rings is 1. The lowest BCUT2D eigenvalue weighted by Crippen LogP contribution is -2.51. The molecule has 2 aliphatic rings. The Kier molecular flexibility index (Phi) is 4.25.